The van der Waals surface area contributed by atoms with Gasteiger partial charge in [-0.2, -0.15) is 0 Å². The quantitative estimate of drug-likeness (QED) is 0.711. The average molecular weight is 208 g/mol. The number of ketones is 1. The summed E-state index contributed by atoms with van der Waals surface area (Å²) in [7, 11) is 0. The molecule has 0 unspecified atom stereocenters. The molecule has 0 spiro atoms. The van der Waals surface area contributed by atoms with Crippen molar-refractivity contribution < 1.29 is 14.3 Å². The molecular weight excluding hydrogens is 195 g/mol. The summed E-state index contributed by atoms with van der Waals surface area (Å²) in [5.74, 6) is -0.673. The van der Waals surface area contributed by atoms with Crippen LogP contribution in [0.25, 0.3) is 0 Å². The van der Waals surface area contributed by atoms with Crippen LogP contribution in [0.3, 0.4) is 0 Å². The number of phenolic OH excluding ortho intramolecular Hbond substituents is 1. The predicted octanol–water partition coefficient (Wildman–Crippen LogP) is 2.60. The molecule has 80 valence electrons. The molecule has 2 rings (SSSR count). The van der Waals surface area contributed by atoms with Crippen LogP contribution in [0.4, 0.5) is 4.39 Å². The molecule has 0 saturated heterocycles. The van der Waals surface area contributed by atoms with Gasteiger partial charge in [0, 0.05) is 22.1 Å². The lowest BCUT2D eigenvalue weighted by Gasteiger charge is -2.13. The summed E-state index contributed by atoms with van der Waals surface area (Å²) in [4.78, 5) is 11.9. The van der Waals surface area contributed by atoms with E-state index >= 15 is 0 Å². The largest absolute Gasteiger partial charge is 0.508 e. The van der Waals surface area contributed by atoms with Crippen LogP contribution in [-0.4, -0.2) is 10.9 Å². The first-order valence-corrected chi connectivity index (χ1v) is 4.90. The van der Waals surface area contributed by atoms with Crippen molar-refractivity contribution in [2.75, 3.05) is 0 Å². The second kappa shape index (κ2) is 2.81. The molecule has 2 nitrogen and oxygen atoms in total. The van der Waals surface area contributed by atoms with Gasteiger partial charge in [0.25, 0.3) is 0 Å². The van der Waals surface area contributed by atoms with Gasteiger partial charge in [-0.25, -0.2) is 4.39 Å². The molecule has 0 amide bonds. The molecule has 0 radical (unpaired) electrons. The summed E-state index contributed by atoms with van der Waals surface area (Å²) in [5.41, 5.74) is 0.448. The van der Waals surface area contributed by atoms with Crippen LogP contribution in [-0.2, 0) is 6.42 Å². The van der Waals surface area contributed by atoms with Gasteiger partial charge in [0.1, 0.15) is 11.6 Å². The Morgan fingerprint density at radius 3 is 2.67 bits per heavy atom. The van der Waals surface area contributed by atoms with E-state index in [1.807, 2.05) is 0 Å². The highest BCUT2D eigenvalue weighted by molar-refractivity contribution is 6.04. The number of fused-ring (bicyclic) bond motifs is 1. The summed E-state index contributed by atoms with van der Waals surface area (Å²) >= 11 is 0. The summed E-state index contributed by atoms with van der Waals surface area (Å²) < 4.78 is 13.8. The number of benzene rings is 1. The maximum Gasteiger partial charge on any atom is 0.169 e. The van der Waals surface area contributed by atoms with Crippen LogP contribution in [0, 0.1) is 18.2 Å². The third-order valence-electron chi connectivity index (χ3n) is 3.06. The Kier molecular flexibility index (Phi) is 1.90. The monoisotopic (exact) mass is 208 g/mol. The molecule has 1 aliphatic carbocycles. The molecule has 3 heteroatoms. The van der Waals surface area contributed by atoms with E-state index in [1.165, 1.54) is 13.0 Å². The zero-order chi connectivity index (χ0) is 11.4. The van der Waals surface area contributed by atoms with E-state index in [0.717, 1.165) is 0 Å². The van der Waals surface area contributed by atoms with E-state index in [1.54, 1.807) is 13.8 Å². The molecule has 0 bridgehead atoms. The lowest BCUT2D eigenvalue weighted by molar-refractivity contribution is 0.0863. The number of Topliss-reactive ketones (excluding diaryl/α,β-unsaturated/α-hetero) is 1. The number of carbonyl (C=O) groups excluding carboxylic acids is 1. The van der Waals surface area contributed by atoms with Gasteiger partial charge < -0.3 is 5.11 Å². The van der Waals surface area contributed by atoms with Gasteiger partial charge in [0.2, 0.25) is 0 Å². The number of halogens is 1. The minimum atomic E-state index is -0.552. The third kappa shape index (κ3) is 1.26. The number of aromatic hydroxyl groups is 1. The second-order valence-corrected chi connectivity index (χ2v) is 4.75. The van der Waals surface area contributed by atoms with Crippen LogP contribution in [0.5, 0.6) is 5.75 Å². The highest BCUT2D eigenvalue weighted by atomic mass is 19.1. The van der Waals surface area contributed by atoms with E-state index in [0.29, 0.717) is 17.5 Å². The Morgan fingerprint density at radius 2 is 2.07 bits per heavy atom. The van der Waals surface area contributed by atoms with Crippen molar-refractivity contribution in [3.63, 3.8) is 0 Å². The number of carbonyl (C=O) groups is 1. The van der Waals surface area contributed by atoms with E-state index in [-0.39, 0.29) is 17.1 Å². The molecular formula is C12H13FO2. The predicted molar refractivity (Wildman–Crippen MR) is 54.6 cm³/mol. The lowest BCUT2D eigenvalue weighted by Crippen LogP contribution is -2.18. The van der Waals surface area contributed by atoms with Crippen molar-refractivity contribution in [1.29, 1.82) is 0 Å². The number of hydrogen-bond acceptors (Lipinski definition) is 2. The minimum absolute atomic E-state index is 0.0910. The van der Waals surface area contributed by atoms with E-state index < -0.39 is 11.2 Å². The van der Waals surface area contributed by atoms with E-state index in [4.69, 9.17) is 0 Å². The van der Waals surface area contributed by atoms with Crippen LogP contribution < -0.4 is 0 Å². The standard InChI is InChI=1S/C12H13FO2/c1-6-9(14)4-7-8(10(6)13)5-12(2,3)11(7)15/h4,14H,5H2,1-3H3. The van der Waals surface area contributed by atoms with E-state index in [9.17, 15) is 14.3 Å². The Labute approximate surface area is 87.7 Å². The first-order chi connectivity index (χ1) is 6.84. The first-order valence-electron chi connectivity index (χ1n) is 4.90. The van der Waals surface area contributed by atoms with Gasteiger partial charge in [0.15, 0.2) is 5.78 Å². The van der Waals surface area contributed by atoms with Gasteiger partial charge in [-0.3, -0.25) is 4.79 Å². The molecule has 0 aromatic heterocycles. The zero-order valence-electron chi connectivity index (χ0n) is 9.02. The van der Waals surface area contributed by atoms with Crippen LogP contribution in [0.2, 0.25) is 0 Å². The first kappa shape index (κ1) is 10.1. The Bertz CT molecular complexity index is 461. The van der Waals surface area contributed by atoms with Gasteiger partial charge in [-0.1, -0.05) is 13.8 Å². The van der Waals surface area contributed by atoms with Crippen molar-refractivity contribution >= 4 is 5.78 Å². The molecule has 0 saturated carbocycles. The molecule has 0 aliphatic heterocycles. The maximum absolute atomic E-state index is 13.8. The molecule has 1 aromatic carbocycles. The Hall–Kier alpha value is -1.38. The van der Waals surface area contributed by atoms with Gasteiger partial charge >= 0.3 is 0 Å². The van der Waals surface area contributed by atoms with Gasteiger partial charge in [-0.05, 0) is 19.4 Å². The fraction of sp³-hybridized carbons (Fsp3) is 0.417. The SMILES string of the molecule is Cc1c(O)cc2c(c1F)CC(C)(C)C2=O. The topological polar surface area (TPSA) is 37.3 Å². The van der Waals surface area contributed by atoms with Crippen molar-refractivity contribution in [3.8, 4) is 5.75 Å². The fourth-order valence-electron chi connectivity index (χ4n) is 2.05. The lowest BCUT2D eigenvalue weighted by atomic mass is 9.89. The zero-order valence-corrected chi connectivity index (χ0v) is 9.02. The summed E-state index contributed by atoms with van der Waals surface area (Å²) in [5, 5.41) is 9.46. The third-order valence-corrected chi connectivity index (χ3v) is 3.06. The van der Waals surface area contributed by atoms with Crippen LogP contribution >= 0.6 is 0 Å². The number of hydrogen-bond donors (Lipinski definition) is 1. The molecule has 1 aromatic rings. The average Bonchev–Trinajstić information content (AvgIpc) is 2.38. The molecule has 0 atom stereocenters. The van der Waals surface area contributed by atoms with E-state index in [2.05, 4.69) is 0 Å². The van der Waals surface area contributed by atoms with Crippen molar-refractivity contribution in [3.05, 3.63) is 28.6 Å². The summed E-state index contributed by atoms with van der Waals surface area (Å²) in [6.07, 6.45) is 0.411. The van der Waals surface area contributed by atoms with Crippen LogP contribution in [0.15, 0.2) is 6.07 Å². The smallest absolute Gasteiger partial charge is 0.169 e. The van der Waals surface area contributed by atoms with Gasteiger partial charge in [-0.15, -0.1) is 0 Å². The Balaban J connectivity index is 2.71. The van der Waals surface area contributed by atoms with Crippen molar-refractivity contribution in [1.82, 2.24) is 0 Å². The minimum Gasteiger partial charge on any atom is -0.508 e. The fourth-order valence-corrected chi connectivity index (χ4v) is 2.05. The van der Waals surface area contributed by atoms with Crippen molar-refractivity contribution in [2.24, 2.45) is 5.41 Å². The second-order valence-electron chi connectivity index (χ2n) is 4.75. The maximum atomic E-state index is 13.8. The molecule has 1 aliphatic rings. The molecule has 0 fully saturated rings. The highest BCUT2D eigenvalue weighted by Crippen LogP contribution is 2.40. The summed E-state index contributed by atoms with van der Waals surface area (Å²) in [6.45, 7) is 5.10. The van der Waals surface area contributed by atoms with Crippen LogP contribution in [0.1, 0.15) is 35.3 Å². The Morgan fingerprint density at radius 1 is 1.47 bits per heavy atom. The molecule has 1 N–H and O–H groups in total. The van der Waals surface area contributed by atoms with Gasteiger partial charge in [0.05, 0.1) is 0 Å². The molecule has 0 heterocycles. The number of rotatable bonds is 0. The normalized spacial score (nSPS) is 18.0. The number of phenols is 1. The highest BCUT2D eigenvalue weighted by Gasteiger charge is 2.40. The molecule has 15 heavy (non-hydrogen) atoms. The van der Waals surface area contributed by atoms with Crippen molar-refractivity contribution in [2.45, 2.75) is 27.2 Å². The summed E-state index contributed by atoms with van der Waals surface area (Å²) in [6, 6.07) is 1.38.